The summed E-state index contributed by atoms with van der Waals surface area (Å²) in [6.07, 6.45) is 5.05. The van der Waals surface area contributed by atoms with E-state index in [1.54, 1.807) is 17.4 Å². The molecule has 156 valence electrons. The number of nitrogens with one attached hydrogen (secondary N) is 2. The Morgan fingerprint density at radius 1 is 1.27 bits per heavy atom. The van der Waals surface area contributed by atoms with Crippen LogP contribution in [0.2, 0.25) is 0 Å². The maximum absolute atomic E-state index is 13.1. The van der Waals surface area contributed by atoms with Crippen molar-refractivity contribution in [3.8, 4) is 0 Å². The van der Waals surface area contributed by atoms with Crippen molar-refractivity contribution in [1.29, 1.82) is 0 Å². The van der Waals surface area contributed by atoms with E-state index in [0.29, 0.717) is 18.2 Å². The lowest BCUT2D eigenvalue weighted by molar-refractivity contribution is -0.611. The maximum Gasteiger partial charge on any atom is 0.313 e. The summed E-state index contributed by atoms with van der Waals surface area (Å²) in [7, 11) is 0. The highest BCUT2D eigenvalue weighted by Crippen LogP contribution is 2.34. The van der Waals surface area contributed by atoms with Crippen LogP contribution in [-0.4, -0.2) is 33.2 Å². The van der Waals surface area contributed by atoms with Crippen LogP contribution >= 0.6 is 0 Å². The Bertz CT molecular complexity index is 1120. The van der Waals surface area contributed by atoms with Crippen LogP contribution in [0.3, 0.4) is 0 Å². The van der Waals surface area contributed by atoms with E-state index < -0.39 is 11.8 Å². The zero-order valence-electron chi connectivity index (χ0n) is 17.5. The molecule has 0 unspecified atom stereocenters. The van der Waals surface area contributed by atoms with Crippen molar-refractivity contribution >= 4 is 28.5 Å². The first-order chi connectivity index (χ1) is 14.3. The van der Waals surface area contributed by atoms with Gasteiger partial charge in [-0.05, 0) is 61.9 Å². The van der Waals surface area contributed by atoms with Gasteiger partial charge in [0.25, 0.3) is 6.33 Å². The summed E-state index contributed by atoms with van der Waals surface area (Å²) in [5, 5.41) is 2.71. The summed E-state index contributed by atoms with van der Waals surface area (Å²) >= 11 is 0. The van der Waals surface area contributed by atoms with E-state index >= 15 is 0 Å². The Morgan fingerprint density at radius 2 is 2.07 bits per heavy atom. The summed E-state index contributed by atoms with van der Waals surface area (Å²) < 4.78 is 1.52. The van der Waals surface area contributed by atoms with Crippen LogP contribution in [0.15, 0.2) is 36.8 Å². The van der Waals surface area contributed by atoms with Crippen LogP contribution in [0, 0.1) is 19.8 Å². The standard InChI is InChI=1S/C22H26N6O2/c1-13-4-7-19(16-5-6-18-20(9-16)28(23)12-25-18)27(11-13)22(30)21(29)26-17-8-14(2)15(3)24-10-17/h5-6,8-10,12-13,19H,4,7,11,23H2,1-3H3,(H,26,29)/p+1/t13-,19+/m1/s1. The fourth-order valence-electron chi connectivity index (χ4n) is 4.05. The fraction of sp³-hybridized carbons (Fsp3) is 0.364. The van der Waals surface area contributed by atoms with Gasteiger partial charge in [-0.3, -0.25) is 20.4 Å². The number of H-pyrrole nitrogens is 1. The van der Waals surface area contributed by atoms with Gasteiger partial charge in [-0.25, -0.2) is 4.98 Å². The van der Waals surface area contributed by atoms with Crippen LogP contribution in [0.25, 0.3) is 11.0 Å². The number of nitrogen functional groups attached to an aromatic ring is 1. The largest absolute Gasteiger partial charge is 0.327 e. The van der Waals surface area contributed by atoms with Gasteiger partial charge in [0.15, 0.2) is 11.0 Å². The number of carbonyl (C=O) groups is 2. The van der Waals surface area contributed by atoms with Gasteiger partial charge < -0.3 is 10.2 Å². The number of hydrogen-bond donors (Lipinski definition) is 3. The van der Waals surface area contributed by atoms with E-state index in [0.717, 1.165) is 40.7 Å². The molecule has 0 spiro atoms. The number of amides is 2. The second-order valence-corrected chi connectivity index (χ2v) is 8.19. The summed E-state index contributed by atoms with van der Waals surface area (Å²) in [6.45, 7) is 6.46. The number of nitrogens with zero attached hydrogens (tertiary/aromatic N) is 3. The number of carbonyl (C=O) groups excluding carboxylic acids is 2. The second kappa shape index (κ2) is 7.78. The fourth-order valence-corrected chi connectivity index (χ4v) is 4.05. The summed E-state index contributed by atoms with van der Waals surface area (Å²) in [5.41, 5.74) is 5.12. The van der Waals surface area contributed by atoms with Crippen LogP contribution < -0.4 is 15.8 Å². The lowest BCUT2D eigenvalue weighted by Crippen LogP contribution is -2.46. The average molecular weight is 407 g/mol. The Kier molecular flexibility index (Phi) is 5.15. The number of pyridine rings is 1. The van der Waals surface area contributed by atoms with Crippen LogP contribution in [-0.2, 0) is 9.59 Å². The zero-order chi connectivity index (χ0) is 21.4. The molecule has 3 aromatic rings. The number of piperidine rings is 1. The molecule has 1 fully saturated rings. The number of anilines is 1. The van der Waals surface area contributed by atoms with Gasteiger partial charge in [-0.1, -0.05) is 13.0 Å². The van der Waals surface area contributed by atoms with Gasteiger partial charge >= 0.3 is 11.8 Å². The van der Waals surface area contributed by atoms with E-state index in [1.165, 1.54) is 4.68 Å². The Hall–Kier alpha value is -3.42. The highest BCUT2D eigenvalue weighted by atomic mass is 16.2. The van der Waals surface area contributed by atoms with Gasteiger partial charge in [-0.2, -0.15) is 0 Å². The molecule has 8 nitrogen and oxygen atoms in total. The van der Waals surface area contributed by atoms with Crippen molar-refractivity contribution in [2.24, 2.45) is 5.92 Å². The summed E-state index contributed by atoms with van der Waals surface area (Å²) in [5.74, 6) is 5.14. The van der Waals surface area contributed by atoms with Gasteiger partial charge in [-0.15, -0.1) is 4.68 Å². The summed E-state index contributed by atoms with van der Waals surface area (Å²) in [4.78, 5) is 34.9. The number of aromatic amines is 1. The number of aryl methyl sites for hydroxylation is 2. The molecule has 8 heteroatoms. The molecule has 1 saturated heterocycles. The van der Waals surface area contributed by atoms with Gasteiger partial charge in [0.1, 0.15) is 0 Å². The molecule has 4 rings (SSSR count). The number of rotatable bonds is 2. The van der Waals surface area contributed by atoms with Crippen LogP contribution in [0.1, 0.15) is 42.6 Å². The number of aromatic nitrogens is 3. The van der Waals surface area contributed by atoms with E-state index in [2.05, 4.69) is 22.2 Å². The zero-order valence-corrected chi connectivity index (χ0v) is 17.5. The topological polar surface area (TPSA) is 108 Å². The smallest absolute Gasteiger partial charge is 0.313 e. The van der Waals surface area contributed by atoms with Gasteiger partial charge in [0.2, 0.25) is 0 Å². The first kappa shape index (κ1) is 19.9. The normalized spacial score (nSPS) is 19.1. The third kappa shape index (κ3) is 3.72. The van der Waals surface area contributed by atoms with E-state index in [4.69, 9.17) is 5.84 Å². The minimum Gasteiger partial charge on any atom is -0.327 e. The highest BCUT2D eigenvalue weighted by molar-refractivity contribution is 6.39. The van der Waals surface area contributed by atoms with Crippen molar-refractivity contribution in [3.05, 3.63) is 53.6 Å². The summed E-state index contributed by atoms with van der Waals surface area (Å²) in [6, 6.07) is 7.58. The SMILES string of the molecule is Cc1cc(NC(=O)C(=O)N2C[C@H](C)CC[C@H]2c2ccc3[nH]c[n+](N)c3c2)cnc1C. The first-order valence-corrected chi connectivity index (χ1v) is 10.2. The molecule has 2 aromatic heterocycles. The molecule has 1 aromatic carbocycles. The number of imidazole rings is 1. The van der Waals surface area contributed by atoms with E-state index in [9.17, 15) is 9.59 Å². The van der Waals surface area contributed by atoms with Crippen molar-refractivity contribution in [2.75, 3.05) is 17.7 Å². The molecule has 2 atom stereocenters. The molecule has 4 N–H and O–H groups in total. The predicted octanol–water partition coefficient (Wildman–Crippen LogP) is 2.12. The number of fused-ring (bicyclic) bond motifs is 1. The first-order valence-electron chi connectivity index (χ1n) is 10.2. The molecular formula is C22H27N6O2+. The van der Waals surface area contributed by atoms with Crippen molar-refractivity contribution in [1.82, 2.24) is 14.9 Å². The second-order valence-electron chi connectivity index (χ2n) is 8.19. The molecule has 1 aliphatic heterocycles. The predicted molar refractivity (Wildman–Crippen MR) is 114 cm³/mol. The Labute approximate surface area is 175 Å². The minimum absolute atomic E-state index is 0.170. The molecule has 2 amide bonds. The lowest BCUT2D eigenvalue weighted by atomic mass is 9.89. The number of benzene rings is 1. The highest BCUT2D eigenvalue weighted by Gasteiger charge is 2.34. The maximum atomic E-state index is 13.1. The molecular weight excluding hydrogens is 380 g/mol. The van der Waals surface area contributed by atoms with Crippen molar-refractivity contribution in [2.45, 2.75) is 39.7 Å². The molecule has 1 aliphatic rings. The minimum atomic E-state index is -0.643. The Balaban J connectivity index is 1.59. The molecule has 0 aliphatic carbocycles. The van der Waals surface area contributed by atoms with Gasteiger partial charge in [0.05, 0.1) is 17.9 Å². The quantitative estimate of drug-likeness (QED) is 0.343. The molecule has 0 bridgehead atoms. The number of hydrogen-bond acceptors (Lipinski definition) is 4. The third-order valence-electron chi connectivity index (χ3n) is 5.91. The number of nitrogens with two attached hydrogens (primary N) is 1. The molecule has 30 heavy (non-hydrogen) atoms. The third-order valence-corrected chi connectivity index (χ3v) is 5.91. The van der Waals surface area contributed by atoms with E-state index in [1.807, 2.05) is 38.1 Å². The van der Waals surface area contributed by atoms with E-state index in [-0.39, 0.29) is 6.04 Å². The van der Waals surface area contributed by atoms with Gasteiger partial charge in [0, 0.05) is 12.2 Å². The molecule has 0 radical (unpaired) electrons. The van der Waals surface area contributed by atoms with Crippen LogP contribution in [0.4, 0.5) is 5.69 Å². The number of likely N-dealkylation sites (tertiary alicyclic amines) is 1. The Morgan fingerprint density at radius 3 is 2.83 bits per heavy atom. The average Bonchev–Trinajstić information content (AvgIpc) is 3.10. The molecule has 3 heterocycles. The monoisotopic (exact) mass is 407 g/mol. The molecule has 0 saturated carbocycles. The van der Waals surface area contributed by atoms with Crippen molar-refractivity contribution in [3.63, 3.8) is 0 Å². The van der Waals surface area contributed by atoms with Crippen LogP contribution in [0.5, 0.6) is 0 Å². The lowest BCUT2D eigenvalue weighted by Gasteiger charge is -2.38. The van der Waals surface area contributed by atoms with Crippen molar-refractivity contribution < 1.29 is 14.3 Å².